The zero-order valence-corrected chi connectivity index (χ0v) is 9.22. The first kappa shape index (κ1) is 11.2. The molecule has 1 aromatic carbocycles. The molecule has 1 unspecified atom stereocenters. The molecule has 5 nitrogen and oxygen atoms in total. The summed E-state index contributed by atoms with van der Waals surface area (Å²) in [5.74, 6) is -0.619. The predicted octanol–water partition coefficient (Wildman–Crippen LogP) is 0.754. The third-order valence-electron chi connectivity index (χ3n) is 1.38. The van der Waals surface area contributed by atoms with E-state index in [9.17, 15) is 13.6 Å². The Kier molecular flexibility index (Phi) is 3.62. The highest BCUT2D eigenvalue weighted by molar-refractivity contribution is 9.10. The smallest absolute Gasteiger partial charge is 0.248 e. The fraction of sp³-hybridized carbons (Fsp3) is 0. The Balaban J connectivity index is 3.07. The molecule has 0 aliphatic carbocycles. The van der Waals surface area contributed by atoms with Crippen LogP contribution in [0.4, 0.5) is 5.69 Å². The van der Waals surface area contributed by atoms with Gasteiger partial charge in [0, 0.05) is 27.0 Å². The molecule has 0 saturated carbocycles. The van der Waals surface area contributed by atoms with Gasteiger partial charge in [0.15, 0.2) is 0 Å². The molecule has 3 N–H and O–H groups in total. The summed E-state index contributed by atoms with van der Waals surface area (Å²) in [4.78, 5) is 10.8. The first-order valence-corrected chi connectivity index (χ1v) is 5.32. The van der Waals surface area contributed by atoms with Crippen molar-refractivity contribution in [1.29, 1.82) is 0 Å². The van der Waals surface area contributed by atoms with Crippen LogP contribution in [0.25, 0.3) is 0 Å². The van der Waals surface area contributed by atoms with Crippen molar-refractivity contribution in [3.63, 3.8) is 0 Å². The van der Waals surface area contributed by atoms with Crippen molar-refractivity contribution in [2.75, 3.05) is 4.72 Å². The Morgan fingerprint density at radius 2 is 2.14 bits per heavy atom. The lowest BCUT2D eigenvalue weighted by Gasteiger charge is -2.09. The molecule has 7 heteroatoms. The number of benzene rings is 1. The normalized spacial score (nSPS) is 12.1. The van der Waals surface area contributed by atoms with Gasteiger partial charge in [0.1, 0.15) is 0 Å². The lowest BCUT2D eigenvalue weighted by atomic mass is 10.2. The van der Waals surface area contributed by atoms with Crippen LogP contribution in [0.1, 0.15) is 10.4 Å². The van der Waals surface area contributed by atoms with E-state index >= 15 is 0 Å². The second kappa shape index (κ2) is 4.54. The van der Waals surface area contributed by atoms with Gasteiger partial charge in [-0.2, -0.15) is 0 Å². The second-order valence-corrected chi connectivity index (χ2v) is 4.02. The molecule has 0 heterocycles. The van der Waals surface area contributed by atoms with Crippen molar-refractivity contribution in [2.45, 2.75) is 0 Å². The third kappa shape index (κ3) is 3.09. The minimum atomic E-state index is -2.42. The molecule has 1 aromatic rings. The molecule has 0 aromatic heterocycles. The van der Waals surface area contributed by atoms with E-state index in [2.05, 4.69) is 20.7 Å². The quantitative estimate of drug-likeness (QED) is 0.799. The molecule has 0 aliphatic rings. The van der Waals surface area contributed by atoms with Gasteiger partial charge in [-0.25, -0.2) is 0 Å². The van der Waals surface area contributed by atoms with Gasteiger partial charge >= 0.3 is 0 Å². The van der Waals surface area contributed by atoms with Crippen LogP contribution in [-0.2, 0) is 11.3 Å². The number of nitrogens with one attached hydrogen (secondary N) is 1. The largest absolute Gasteiger partial charge is 0.755 e. The second-order valence-electron chi connectivity index (χ2n) is 2.43. The van der Waals surface area contributed by atoms with E-state index in [0.29, 0.717) is 4.47 Å². The average molecular weight is 278 g/mol. The van der Waals surface area contributed by atoms with Crippen LogP contribution in [0, 0.1) is 0 Å². The minimum Gasteiger partial charge on any atom is -0.755 e. The molecule has 0 radical (unpaired) electrons. The maximum Gasteiger partial charge on any atom is 0.248 e. The number of rotatable bonds is 3. The molecule has 14 heavy (non-hydrogen) atoms. The Morgan fingerprint density at radius 3 is 2.64 bits per heavy atom. The molecule has 0 aliphatic heterocycles. The number of nitrogens with two attached hydrogens (primary N) is 1. The van der Waals surface area contributed by atoms with Crippen molar-refractivity contribution in [2.24, 2.45) is 5.73 Å². The van der Waals surface area contributed by atoms with Gasteiger partial charge < -0.3 is 15.0 Å². The highest BCUT2D eigenvalue weighted by Gasteiger charge is 2.03. The fourth-order valence-electron chi connectivity index (χ4n) is 0.887. The Morgan fingerprint density at radius 1 is 1.50 bits per heavy atom. The van der Waals surface area contributed by atoms with Gasteiger partial charge in [0.05, 0.1) is 0 Å². The summed E-state index contributed by atoms with van der Waals surface area (Å²) < 4.78 is 23.3. The van der Waals surface area contributed by atoms with Gasteiger partial charge in [0.25, 0.3) is 0 Å². The minimum absolute atomic E-state index is 0.229. The van der Waals surface area contributed by atoms with Crippen molar-refractivity contribution < 1.29 is 13.6 Å². The lowest BCUT2D eigenvalue weighted by Crippen LogP contribution is -2.12. The lowest BCUT2D eigenvalue weighted by molar-refractivity contribution is 0.1000. The highest BCUT2D eigenvalue weighted by atomic mass is 79.9. The van der Waals surface area contributed by atoms with Gasteiger partial charge in [-0.3, -0.25) is 9.00 Å². The first-order chi connectivity index (χ1) is 6.49. The molecule has 0 spiro atoms. The molecule has 1 atom stereocenters. The molecular formula is C7H6BrN2O3S-. The van der Waals surface area contributed by atoms with Crippen LogP contribution >= 0.6 is 15.9 Å². The summed E-state index contributed by atoms with van der Waals surface area (Å²) in [6, 6.07) is 4.37. The molecular weight excluding hydrogens is 272 g/mol. The van der Waals surface area contributed by atoms with Crippen LogP contribution in [0.2, 0.25) is 0 Å². The van der Waals surface area contributed by atoms with Gasteiger partial charge in [-0.1, -0.05) is 15.9 Å². The number of carbonyl (C=O) groups is 1. The summed E-state index contributed by atoms with van der Waals surface area (Å²) in [5.41, 5.74) is 5.55. The number of primary amides is 1. The number of anilines is 1. The van der Waals surface area contributed by atoms with Crippen LogP contribution < -0.4 is 10.5 Å². The maximum absolute atomic E-state index is 10.8. The zero-order valence-electron chi connectivity index (χ0n) is 6.82. The fourth-order valence-corrected chi connectivity index (χ4v) is 1.69. The topological polar surface area (TPSA) is 95.2 Å². The Bertz CT molecular complexity index is 397. The highest BCUT2D eigenvalue weighted by Crippen LogP contribution is 2.19. The first-order valence-electron chi connectivity index (χ1n) is 3.45. The summed E-state index contributed by atoms with van der Waals surface area (Å²) >= 11 is 0.703. The molecule has 76 valence electrons. The van der Waals surface area contributed by atoms with Gasteiger partial charge in [-0.15, -0.1) is 0 Å². The number of hydrogen-bond acceptors (Lipinski definition) is 3. The van der Waals surface area contributed by atoms with Crippen molar-refractivity contribution in [1.82, 2.24) is 0 Å². The van der Waals surface area contributed by atoms with E-state index in [4.69, 9.17) is 5.73 Å². The summed E-state index contributed by atoms with van der Waals surface area (Å²) in [6.45, 7) is 0. The third-order valence-corrected chi connectivity index (χ3v) is 2.24. The number of amides is 1. The van der Waals surface area contributed by atoms with Crippen molar-refractivity contribution in [3.8, 4) is 0 Å². The summed E-state index contributed by atoms with van der Waals surface area (Å²) in [5, 5.41) is 0. The van der Waals surface area contributed by atoms with Crippen molar-refractivity contribution >= 4 is 38.8 Å². The molecule has 0 bridgehead atoms. The van der Waals surface area contributed by atoms with E-state index in [0.717, 1.165) is 0 Å². The number of carbonyl (C=O) groups excluding carboxylic acids is 1. The standard InChI is InChI=1S/C7H7BrN2O3S/c8-5-1-4(7(9)11)2-6(3-5)10-14(12)13/h1-3,10H,(H2,9,11)(H,12,13)/p-1. The SMILES string of the molecule is NC(=O)c1cc(Br)cc(NS(=O)[O-])c1. The monoisotopic (exact) mass is 277 g/mol. The van der Waals surface area contributed by atoms with Gasteiger partial charge in [0.2, 0.25) is 5.91 Å². The molecule has 1 amide bonds. The predicted molar refractivity (Wildman–Crippen MR) is 55.2 cm³/mol. The van der Waals surface area contributed by atoms with E-state index in [1.165, 1.54) is 18.2 Å². The summed E-state index contributed by atoms with van der Waals surface area (Å²) in [6.07, 6.45) is 0. The molecule has 1 rings (SSSR count). The number of halogens is 1. The van der Waals surface area contributed by atoms with Crippen LogP contribution in [-0.4, -0.2) is 14.7 Å². The average Bonchev–Trinajstić information content (AvgIpc) is 2.01. The Labute approximate surface area is 91.2 Å². The van der Waals surface area contributed by atoms with E-state index < -0.39 is 17.2 Å². The Hall–Kier alpha value is -0.920. The van der Waals surface area contributed by atoms with Crippen LogP contribution in [0.5, 0.6) is 0 Å². The zero-order chi connectivity index (χ0) is 10.7. The maximum atomic E-state index is 10.8. The molecule has 0 fully saturated rings. The molecule has 0 saturated heterocycles. The summed E-state index contributed by atoms with van der Waals surface area (Å²) in [7, 11) is 0. The van der Waals surface area contributed by atoms with Crippen LogP contribution in [0.3, 0.4) is 0 Å². The van der Waals surface area contributed by atoms with Crippen LogP contribution in [0.15, 0.2) is 22.7 Å². The van der Waals surface area contributed by atoms with E-state index in [1.807, 2.05) is 0 Å². The number of hydrogen-bond donors (Lipinski definition) is 2. The van der Waals surface area contributed by atoms with E-state index in [-0.39, 0.29) is 11.3 Å². The van der Waals surface area contributed by atoms with Crippen molar-refractivity contribution in [3.05, 3.63) is 28.2 Å². The van der Waals surface area contributed by atoms with Gasteiger partial charge in [-0.05, 0) is 18.2 Å². The van der Waals surface area contributed by atoms with E-state index in [1.54, 1.807) is 0 Å².